The summed E-state index contributed by atoms with van der Waals surface area (Å²) in [6.45, 7) is 4.28. The number of halogens is 1. The third-order valence-corrected chi connectivity index (χ3v) is 5.18. The highest BCUT2D eigenvalue weighted by Crippen LogP contribution is 2.11. The molecule has 0 radical (unpaired) electrons. The van der Waals surface area contributed by atoms with E-state index < -0.39 is 10.0 Å². The molecule has 0 saturated heterocycles. The van der Waals surface area contributed by atoms with Crippen LogP contribution < -0.4 is 4.72 Å². The number of aromatic amines is 1. The summed E-state index contributed by atoms with van der Waals surface area (Å²) in [6, 6.07) is 0. The van der Waals surface area contributed by atoms with E-state index in [0.717, 1.165) is 18.2 Å². The summed E-state index contributed by atoms with van der Waals surface area (Å²) in [5, 5.41) is 7.27. The molecule has 1 atom stereocenters. The molecule has 0 bridgehead atoms. The molecule has 0 aliphatic heterocycles. The number of nitrogens with zero attached hydrogens (tertiary/aromatic N) is 1. The lowest BCUT2D eigenvalue weighted by atomic mass is 10.1. The number of alkyl halides is 1. The maximum absolute atomic E-state index is 11.8. The summed E-state index contributed by atoms with van der Waals surface area (Å²) in [5.41, 5.74) is 0.561. The summed E-state index contributed by atoms with van der Waals surface area (Å²) in [6.07, 6.45) is 3.17. The lowest BCUT2D eigenvalue weighted by Crippen LogP contribution is -2.25. The highest BCUT2D eigenvalue weighted by Gasteiger charge is 2.17. The lowest BCUT2D eigenvalue weighted by Gasteiger charge is -2.08. The van der Waals surface area contributed by atoms with Crippen molar-refractivity contribution in [1.29, 1.82) is 0 Å². The van der Waals surface area contributed by atoms with Crippen LogP contribution in [-0.4, -0.2) is 30.5 Å². The molecule has 0 amide bonds. The van der Waals surface area contributed by atoms with Gasteiger partial charge in [-0.2, -0.15) is 5.10 Å². The number of aryl methyl sites for hydroxylation is 1. The van der Waals surface area contributed by atoms with Crippen molar-refractivity contribution in [3.8, 4) is 0 Å². The zero-order valence-electron chi connectivity index (χ0n) is 10.0. The largest absolute Gasteiger partial charge is 0.281 e. The molecule has 17 heavy (non-hydrogen) atoms. The molecule has 2 N–H and O–H groups in total. The van der Waals surface area contributed by atoms with E-state index in [1.165, 1.54) is 6.20 Å². The molecule has 7 heteroatoms. The van der Waals surface area contributed by atoms with E-state index in [9.17, 15) is 8.42 Å². The Labute approximate surface area is 111 Å². The minimum atomic E-state index is -3.41. The van der Waals surface area contributed by atoms with Crippen LogP contribution in [0.2, 0.25) is 0 Å². The van der Waals surface area contributed by atoms with Crippen molar-refractivity contribution >= 4 is 26.0 Å². The van der Waals surface area contributed by atoms with Crippen LogP contribution in [0, 0.1) is 12.8 Å². The average molecular weight is 324 g/mol. The van der Waals surface area contributed by atoms with Crippen molar-refractivity contribution in [2.24, 2.45) is 5.92 Å². The second kappa shape index (κ2) is 6.51. The fraction of sp³-hybridized carbons (Fsp3) is 0.700. The molecule has 1 unspecified atom stereocenters. The zero-order valence-corrected chi connectivity index (χ0v) is 12.4. The molecule has 0 spiro atoms. The van der Waals surface area contributed by atoms with E-state index >= 15 is 0 Å². The lowest BCUT2D eigenvalue weighted by molar-refractivity contribution is 0.546. The van der Waals surface area contributed by atoms with Gasteiger partial charge in [0.25, 0.3) is 0 Å². The van der Waals surface area contributed by atoms with Gasteiger partial charge in [-0.15, -0.1) is 0 Å². The first-order valence-corrected chi connectivity index (χ1v) is 8.13. The standard InChI is InChI=1S/C10H18BrN3O2S/c1-8(6-11)4-3-5-13-17(15,16)10-7-12-14-9(10)2/h7-8,13H,3-6H2,1-2H3,(H,12,14). The van der Waals surface area contributed by atoms with Crippen LogP contribution >= 0.6 is 15.9 Å². The van der Waals surface area contributed by atoms with Crippen LogP contribution in [0.25, 0.3) is 0 Å². The van der Waals surface area contributed by atoms with E-state index in [0.29, 0.717) is 18.2 Å². The van der Waals surface area contributed by atoms with E-state index in [1.807, 2.05) is 0 Å². The molecule has 1 heterocycles. The molecule has 1 rings (SSSR count). The van der Waals surface area contributed by atoms with E-state index in [4.69, 9.17) is 0 Å². The molecule has 5 nitrogen and oxygen atoms in total. The quantitative estimate of drug-likeness (QED) is 0.593. The van der Waals surface area contributed by atoms with Gasteiger partial charge in [-0.25, -0.2) is 13.1 Å². The van der Waals surface area contributed by atoms with Gasteiger partial charge in [-0.1, -0.05) is 22.9 Å². The van der Waals surface area contributed by atoms with Gasteiger partial charge in [-0.05, 0) is 25.7 Å². The van der Waals surface area contributed by atoms with Crippen LogP contribution in [-0.2, 0) is 10.0 Å². The van der Waals surface area contributed by atoms with Crippen molar-refractivity contribution in [3.05, 3.63) is 11.9 Å². The highest BCUT2D eigenvalue weighted by molar-refractivity contribution is 9.09. The number of aromatic nitrogens is 2. The topological polar surface area (TPSA) is 74.8 Å². The average Bonchev–Trinajstić information content (AvgIpc) is 2.71. The van der Waals surface area contributed by atoms with Gasteiger partial charge in [0.2, 0.25) is 10.0 Å². The molecule has 0 saturated carbocycles. The molecule has 0 aromatic carbocycles. The Morgan fingerprint density at radius 3 is 2.82 bits per heavy atom. The monoisotopic (exact) mass is 323 g/mol. The molecule has 1 aromatic heterocycles. The molecule has 0 aliphatic rings. The van der Waals surface area contributed by atoms with Gasteiger partial charge < -0.3 is 0 Å². The van der Waals surface area contributed by atoms with E-state index in [2.05, 4.69) is 37.8 Å². The second-order valence-corrected chi connectivity index (χ2v) is 6.54. The third-order valence-electron chi connectivity index (χ3n) is 2.50. The summed E-state index contributed by atoms with van der Waals surface area (Å²) >= 11 is 3.40. The summed E-state index contributed by atoms with van der Waals surface area (Å²) in [4.78, 5) is 0.228. The van der Waals surface area contributed by atoms with Crippen LogP contribution in [0.3, 0.4) is 0 Å². The van der Waals surface area contributed by atoms with Crippen molar-refractivity contribution < 1.29 is 8.42 Å². The summed E-state index contributed by atoms with van der Waals surface area (Å²) in [7, 11) is -3.41. The Hall–Kier alpha value is -0.400. The van der Waals surface area contributed by atoms with Gasteiger partial charge >= 0.3 is 0 Å². The first kappa shape index (κ1) is 14.7. The fourth-order valence-electron chi connectivity index (χ4n) is 1.42. The van der Waals surface area contributed by atoms with Gasteiger partial charge in [0.1, 0.15) is 4.90 Å². The molecular weight excluding hydrogens is 306 g/mol. The van der Waals surface area contributed by atoms with Crippen LogP contribution in [0.5, 0.6) is 0 Å². The number of sulfonamides is 1. The third kappa shape index (κ3) is 4.40. The van der Waals surface area contributed by atoms with Crippen LogP contribution in [0.15, 0.2) is 11.1 Å². The Kier molecular flexibility index (Phi) is 5.61. The molecule has 98 valence electrons. The molecule has 0 fully saturated rings. The first-order valence-electron chi connectivity index (χ1n) is 5.53. The predicted octanol–water partition coefficient (Wildman–Crippen LogP) is 1.81. The van der Waals surface area contributed by atoms with Gasteiger partial charge in [0, 0.05) is 11.9 Å². The van der Waals surface area contributed by atoms with Crippen molar-refractivity contribution in [1.82, 2.24) is 14.9 Å². The number of hydrogen-bond acceptors (Lipinski definition) is 3. The number of hydrogen-bond donors (Lipinski definition) is 2. The Morgan fingerprint density at radius 2 is 2.29 bits per heavy atom. The Bertz CT molecular complexity index is 444. The molecular formula is C10H18BrN3O2S. The van der Waals surface area contributed by atoms with Gasteiger partial charge in [0.05, 0.1) is 11.9 Å². The maximum Gasteiger partial charge on any atom is 0.243 e. The van der Waals surface area contributed by atoms with Crippen LogP contribution in [0.4, 0.5) is 0 Å². The number of rotatable bonds is 7. The number of H-pyrrole nitrogens is 1. The van der Waals surface area contributed by atoms with Crippen molar-refractivity contribution in [2.45, 2.75) is 31.6 Å². The minimum absolute atomic E-state index is 0.228. The smallest absolute Gasteiger partial charge is 0.243 e. The van der Waals surface area contributed by atoms with Crippen molar-refractivity contribution in [3.63, 3.8) is 0 Å². The summed E-state index contributed by atoms with van der Waals surface area (Å²) in [5.74, 6) is 0.565. The second-order valence-electron chi connectivity index (χ2n) is 4.16. The van der Waals surface area contributed by atoms with Crippen LogP contribution in [0.1, 0.15) is 25.5 Å². The van der Waals surface area contributed by atoms with E-state index in [1.54, 1.807) is 6.92 Å². The molecule has 0 aliphatic carbocycles. The Morgan fingerprint density at radius 1 is 1.59 bits per heavy atom. The highest BCUT2D eigenvalue weighted by atomic mass is 79.9. The fourth-order valence-corrected chi connectivity index (χ4v) is 2.96. The first-order chi connectivity index (χ1) is 7.97. The minimum Gasteiger partial charge on any atom is -0.281 e. The predicted molar refractivity (Wildman–Crippen MR) is 70.7 cm³/mol. The zero-order chi connectivity index (χ0) is 12.9. The SMILES string of the molecule is Cc1[nH]ncc1S(=O)(=O)NCCCC(C)CBr. The number of nitrogens with one attached hydrogen (secondary N) is 2. The summed E-state index contributed by atoms with van der Waals surface area (Å²) < 4.78 is 26.3. The van der Waals surface area contributed by atoms with Gasteiger partial charge in [0.15, 0.2) is 0 Å². The molecule has 1 aromatic rings. The normalized spacial score (nSPS) is 13.8. The maximum atomic E-state index is 11.8. The van der Waals surface area contributed by atoms with E-state index in [-0.39, 0.29) is 4.90 Å². The van der Waals surface area contributed by atoms with Crippen molar-refractivity contribution in [2.75, 3.05) is 11.9 Å². The Balaban J connectivity index is 2.44. The van der Waals surface area contributed by atoms with Gasteiger partial charge in [-0.3, -0.25) is 5.10 Å².